The summed E-state index contributed by atoms with van der Waals surface area (Å²) in [5, 5.41) is 3.55. The maximum absolute atomic E-state index is 11.5. The van der Waals surface area contributed by atoms with Crippen molar-refractivity contribution in [2.75, 3.05) is 18.1 Å². The molecule has 1 heterocycles. The average molecular weight is 281 g/mol. The van der Waals surface area contributed by atoms with Gasteiger partial charge in [-0.1, -0.05) is 44.2 Å². The predicted octanol–water partition coefficient (Wildman–Crippen LogP) is 2.41. The second kappa shape index (κ2) is 6.06. The highest BCUT2D eigenvalue weighted by Crippen LogP contribution is 2.23. The van der Waals surface area contributed by atoms with Crippen molar-refractivity contribution in [2.45, 2.75) is 26.3 Å². The Kier molecular flexibility index (Phi) is 4.63. The van der Waals surface area contributed by atoms with E-state index in [0.29, 0.717) is 23.5 Å². The zero-order chi connectivity index (χ0) is 13.9. The molecule has 1 N–H and O–H groups in total. The lowest BCUT2D eigenvalue weighted by atomic mass is 9.95. The van der Waals surface area contributed by atoms with E-state index < -0.39 is 9.84 Å². The lowest BCUT2D eigenvalue weighted by molar-refractivity contribution is 0.381. The van der Waals surface area contributed by atoms with Crippen molar-refractivity contribution in [3.8, 4) is 0 Å². The second-order valence-corrected chi connectivity index (χ2v) is 8.04. The van der Waals surface area contributed by atoms with Gasteiger partial charge in [0.1, 0.15) is 0 Å². The van der Waals surface area contributed by atoms with Gasteiger partial charge in [0, 0.05) is 6.04 Å². The Morgan fingerprint density at radius 3 is 2.47 bits per heavy atom. The molecule has 0 saturated carbocycles. The third kappa shape index (κ3) is 4.05. The molecule has 0 bridgehead atoms. The van der Waals surface area contributed by atoms with E-state index in [2.05, 4.69) is 31.3 Å². The first-order chi connectivity index (χ1) is 8.98. The number of benzene rings is 1. The minimum atomic E-state index is -2.77. The van der Waals surface area contributed by atoms with Crippen LogP contribution >= 0.6 is 0 Å². The van der Waals surface area contributed by atoms with Gasteiger partial charge in [-0.15, -0.1) is 0 Å². The van der Waals surface area contributed by atoms with Gasteiger partial charge in [-0.3, -0.25) is 0 Å². The zero-order valence-electron chi connectivity index (χ0n) is 11.7. The lowest BCUT2D eigenvalue weighted by Gasteiger charge is -2.24. The minimum absolute atomic E-state index is 0.273. The van der Waals surface area contributed by atoms with E-state index >= 15 is 0 Å². The molecule has 1 aliphatic rings. The van der Waals surface area contributed by atoms with Gasteiger partial charge in [0.2, 0.25) is 0 Å². The number of sulfone groups is 1. The van der Waals surface area contributed by atoms with Crippen molar-refractivity contribution in [1.29, 1.82) is 0 Å². The van der Waals surface area contributed by atoms with Crippen molar-refractivity contribution < 1.29 is 8.42 Å². The Bertz CT molecular complexity index is 496. The first-order valence-corrected chi connectivity index (χ1v) is 8.79. The van der Waals surface area contributed by atoms with Crippen LogP contribution in [0.15, 0.2) is 30.3 Å². The standard InChI is InChI=1S/C15H23NO2S/c1-12(2)15(14-6-4-3-5-7-14)16-10-13-8-9-19(17,18)11-13/h3-7,12-13,15-16H,8-11H2,1-2H3/t13-,15-/m1/s1. The van der Waals surface area contributed by atoms with E-state index in [4.69, 9.17) is 0 Å². The van der Waals surface area contributed by atoms with Crippen molar-refractivity contribution in [3.05, 3.63) is 35.9 Å². The summed E-state index contributed by atoms with van der Waals surface area (Å²) in [4.78, 5) is 0. The molecule has 19 heavy (non-hydrogen) atoms. The Hall–Kier alpha value is -0.870. The summed E-state index contributed by atoms with van der Waals surface area (Å²) >= 11 is 0. The molecule has 0 amide bonds. The van der Waals surface area contributed by atoms with Gasteiger partial charge in [0.15, 0.2) is 9.84 Å². The smallest absolute Gasteiger partial charge is 0.150 e. The predicted molar refractivity (Wildman–Crippen MR) is 78.8 cm³/mol. The fraction of sp³-hybridized carbons (Fsp3) is 0.600. The first-order valence-electron chi connectivity index (χ1n) is 6.97. The Balaban J connectivity index is 1.96. The number of hydrogen-bond acceptors (Lipinski definition) is 3. The van der Waals surface area contributed by atoms with Crippen LogP contribution < -0.4 is 5.32 Å². The molecule has 0 radical (unpaired) electrons. The van der Waals surface area contributed by atoms with Crippen LogP contribution in [0.3, 0.4) is 0 Å². The number of hydrogen-bond donors (Lipinski definition) is 1. The molecule has 106 valence electrons. The molecular weight excluding hydrogens is 258 g/mol. The summed E-state index contributed by atoms with van der Waals surface area (Å²) in [6, 6.07) is 10.7. The fourth-order valence-corrected chi connectivity index (χ4v) is 4.59. The monoisotopic (exact) mass is 281 g/mol. The van der Waals surface area contributed by atoms with E-state index in [1.54, 1.807) is 0 Å². The van der Waals surface area contributed by atoms with Crippen LogP contribution in [0.1, 0.15) is 31.9 Å². The summed E-state index contributed by atoms with van der Waals surface area (Å²) in [6.45, 7) is 5.17. The van der Waals surface area contributed by atoms with Gasteiger partial charge in [-0.25, -0.2) is 8.42 Å². The minimum Gasteiger partial charge on any atom is -0.309 e. The summed E-state index contributed by atoms with van der Waals surface area (Å²) in [7, 11) is -2.77. The summed E-state index contributed by atoms with van der Waals surface area (Å²) in [5.74, 6) is 1.46. The van der Waals surface area contributed by atoms with Gasteiger partial charge in [0.05, 0.1) is 11.5 Å². The molecule has 2 atom stereocenters. The van der Waals surface area contributed by atoms with Gasteiger partial charge < -0.3 is 5.32 Å². The van der Waals surface area contributed by atoms with Crippen molar-refractivity contribution in [1.82, 2.24) is 5.32 Å². The SMILES string of the molecule is CC(C)[C@@H](NC[C@H]1CCS(=O)(=O)C1)c1ccccc1. The van der Waals surface area contributed by atoms with E-state index in [9.17, 15) is 8.42 Å². The van der Waals surface area contributed by atoms with E-state index in [1.807, 2.05) is 18.2 Å². The van der Waals surface area contributed by atoms with E-state index in [1.165, 1.54) is 5.56 Å². The number of rotatable bonds is 5. The van der Waals surface area contributed by atoms with Crippen LogP contribution in [0, 0.1) is 11.8 Å². The van der Waals surface area contributed by atoms with Crippen LogP contribution in [0.25, 0.3) is 0 Å². The van der Waals surface area contributed by atoms with Crippen molar-refractivity contribution in [2.24, 2.45) is 11.8 Å². The topological polar surface area (TPSA) is 46.2 Å². The molecule has 2 rings (SSSR count). The fourth-order valence-electron chi connectivity index (χ4n) is 2.73. The zero-order valence-corrected chi connectivity index (χ0v) is 12.5. The molecule has 0 unspecified atom stereocenters. The van der Waals surface area contributed by atoms with Gasteiger partial charge >= 0.3 is 0 Å². The third-order valence-electron chi connectivity index (χ3n) is 3.78. The molecule has 1 saturated heterocycles. The highest BCUT2D eigenvalue weighted by Gasteiger charge is 2.28. The second-order valence-electron chi connectivity index (χ2n) is 5.81. The maximum Gasteiger partial charge on any atom is 0.150 e. The van der Waals surface area contributed by atoms with E-state index in [-0.39, 0.29) is 5.92 Å². The molecule has 1 aliphatic heterocycles. The third-order valence-corrected chi connectivity index (χ3v) is 5.62. The summed E-state index contributed by atoms with van der Waals surface area (Å²) in [5.41, 5.74) is 1.28. The quantitative estimate of drug-likeness (QED) is 0.901. The summed E-state index contributed by atoms with van der Waals surface area (Å²) in [6.07, 6.45) is 0.801. The highest BCUT2D eigenvalue weighted by atomic mass is 32.2. The average Bonchev–Trinajstić information content (AvgIpc) is 2.70. The molecule has 1 aromatic carbocycles. The molecule has 3 nitrogen and oxygen atoms in total. The van der Waals surface area contributed by atoms with Crippen LogP contribution in [-0.2, 0) is 9.84 Å². The van der Waals surface area contributed by atoms with Gasteiger partial charge in [-0.05, 0) is 30.4 Å². The Labute approximate surface area is 116 Å². The molecule has 1 aromatic rings. The Morgan fingerprint density at radius 1 is 1.26 bits per heavy atom. The van der Waals surface area contributed by atoms with Crippen LogP contribution in [0.2, 0.25) is 0 Å². The molecule has 0 aromatic heterocycles. The van der Waals surface area contributed by atoms with Crippen LogP contribution in [0.4, 0.5) is 0 Å². The largest absolute Gasteiger partial charge is 0.309 e. The highest BCUT2D eigenvalue weighted by molar-refractivity contribution is 7.91. The van der Waals surface area contributed by atoms with Crippen LogP contribution in [0.5, 0.6) is 0 Å². The van der Waals surface area contributed by atoms with E-state index in [0.717, 1.165) is 13.0 Å². The maximum atomic E-state index is 11.5. The Morgan fingerprint density at radius 2 is 1.95 bits per heavy atom. The molecular formula is C15H23NO2S. The molecule has 4 heteroatoms. The van der Waals surface area contributed by atoms with Crippen molar-refractivity contribution in [3.63, 3.8) is 0 Å². The van der Waals surface area contributed by atoms with Crippen molar-refractivity contribution >= 4 is 9.84 Å². The molecule has 1 fully saturated rings. The normalized spacial score (nSPS) is 23.6. The lowest BCUT2D eigenvalue weighted by Crippen LogP contribution is -2.31. The summed E-state index contributed by atoms with van der Waals surface area (Å²) < 4.78 is 22.9. The van der Waals surface area contributed by atoms with Gasteiger partial charge in [-0.2, -0.15) is 0 Å². The molecule has 0 aliphatic carbocycles. The van der Waals surface area contributed by atoms with Crippen LogP contribution in [-0.4, -0.2) is 26.5 Å². The molecule has 0 spiro atoms. The first kappa shape index (κ1) is 14.5. The van der Waals surface area contributed by atoms with Gasteiger partial charge in [0.25, 0.3) is 0 Å². The number of nitrogens with one attached hydrogen (secondary N) is 1.